The Morgan fingerprint density at radius 1 is 1.33 bits per heavy atom. The summed E-state index contributed by atoms with van der Waals surface area (Å²) < 4.78 is 0. The van der Waals surface area contributed by atoms with Gasteiger partial charge in [0.05, 0.1) is 6.10 Å². The van der Waals surface area contributed by atoms with E-state index in [1.165, 1.54) is 6.42 Å². The summed E-state index contributed by atoms with van der Waals surface area (Å²) in [6.07, 6.45) is 1.22. The van der Waals surface area contributed by atoms with Crippen LogP contribution in [-0.2, 0) is 0 Å². The first-order valence-electron chi connectivity index (χ1n) is 3.26. The van der Waals surface area contributed by atoms with Crippen molar-refractivity contribution in [3.05, 3.63) is 0 Å². The number of rotatable bonds is 0. The van der Waals surface area contributed by atoms with Crippen molar-refractivity contribution in [1.29, 1.82) is 0 Å². The van der Waals surface area contributed by atoms with Crippen LogP contribution in [-0.4, -0.2) is 24.3 Å². The third kappa shape index (κ3) is 1.20. The molecule has 2 aliphatic rings. The van der Waals surface area contributed by atoms with Crippen LogP contribution < -0.4 is 5.32 Å². The Kier molecular flexibility index (Phi) is 1.99. The quantitative estimate of drug-likeness (QED) is 0.509. The van der Waals surface area contributed by atoms with Crippen molar-refractivity contribution in [3.63, 3.8) is 0 Å². The van der Waals surface area contributed by atoms with Crippen LogP contribution in [0.5, 0.6) is 0 Å². The normalized spacial score (nSPS) is 47.0. The molecule has 0 aromatic carbocycles. The molecule has 0 radical (unpaired) electrons. The summed E-state index contributed by atoms with van der Waals surface area (Å²) >= 11 is 0. The van der Waals surface area contributed by atoms with Gasteiger partial charge in [-0.2, -0.15) is 0 Å². The fourth-order valence-electron chi connectivity index (χ4n) is 1.54. The second-order valence-corrected chi connectivity index (χ2v) is 2.89. The molecule has 1 saturated heterocycles. The zero-order valence-corrected chi connectivity index (χ0v) is 6.03. The summed E-state index contributed by atoms with van der Waals surface area (Å²) in [5.74, 6) is 1.48. The van der Waals surface area contributed by atoms with Gasteiger partial charge in [0.15, 0.2) is 0 Å². The molecule has 2 fully saturated rings. The van der Waals surface area contributed by atoms with Gasteiger partial charge in [-0.25, -0.2) is 0 Å². The molecular weight excluding hydrogens is 138 g/mol. The zero-order chi connectivity index (χ0) is 5.56. The minimum absolute atomic E-state index is 0. The van der Waals surface area contributed by atoms with Gasteiger partial charge in [0.1, 0.15) is 0 Å². The summed E-state index contributed by atoms with van der Waals surface area (Å²) in [7, 11) is 0. The van der Waals surface area contributed by atoms with Crippen molar-refractivity contribution in [2.75, 3.05) is 13.1 Å². The first kappa shape index (κ1) is 7.32. The maximum Gasteiger partial charge on any atom is 0.0695 e. The molecule has 0 aromatic heterocycles. The number of piperidine rings is 1. The highest BCUT2D eigenvalue weighted by Crippen LogP contribution is 2.42. The fourth-order valence-corrected chi connectivity index (χ4v) is 1.54. The van der Waals surface area contributed by atoms with E-state index >= 15 is 0 Å². The van der Waals surface area contributed by atoms with E-state index in [4.69, 9.17) is 5.11 Å². The highest BCUT2D eigenvalue weighted by molar-refractivity contribution is 5.85. The molecular formula is C6H12ClNO. The lowest BCUT2D eigenvalue weighted by Gasteiger charge is -2.16. The van der Waals surface area contributed by atoms with E-state index in [1.807, 2.05) is 0 Å². The number of hydrogen-bond donors (Lipinski definition) is 2. The number of halogens is 1. The number of hydrogen-bond acceptors (Lipinski definition) is 2. The second kappa shape index (κ2) is 2.45. The van der Waals surface area contributed by atoms with Gasteiger partial charge < -0.3 is 10.4 Å². The van der Waals surface area contributed by atoms with Crippen molar-refractivity contribution in [2.24, 2.45) is 11.8 Å². The topological polar surface area (TPSA) is 32.3 Å². The number of nitrogens with one attached hydrogen (secondary N) is 1. The average Bonchev–Trinajstić information content (AvgIpc) is 2.45. The number of β-amino-alcohol motifs (C(OH)–C–C–N with tert-alkyl or cyclic N) is 1. The van der Waals surface area contributed by atoms with Crippen molar-refractivity contribution in [3.8, 4) is 0 Å². The lowest BCUT2D eigenvalue weighted by atomic mass is 10.1. The van der Waals surface area contributed by atoms with Gasteiger partial charge in [-0.15, -0.1) is 12.4 Å². The summed E-state index contributed by atoms with van der Waals surface area (Å²) in [6.45, 7) is 1.96. The van der Waals surface area contributed by atoms with Gasteiger partial charge in [-0.05, 0) is 24.8 Å². The molecule has 2 nitrogen and oxygen atoms in total. The van der Waals surface area contributed by atoms with E-state index in [-0.39, 0.29) is 18.5 Å². The molecule has 9 heavy (non-hydrogen) atoms. The Labute approximate surface area is 61.0 Å². The van der Waals surface area contributed by atoms with Crippen LogP contribution in [0.2, 0.25) is 0 Å². The summed E-state index contributed by atoms with van der Waals surface area (Å²) in [5.41, 5.74) is 0. The van der Waals surface area contributed by atoms with Crippen molar-refractivity contribution in [2.45, 2.75) is 12.5 Å². The zero-order valence-electron chi connectivity index (χ0n) is 5.21. The SMILES string of the molecule is Cl.O[C@@H]1CNC[C@H]2C[C@H]21. The van der Waals surface area contributed by atoms with Crippen LogP contribution in [0.4, 0.5) is 0 Å². The maximum absolute atomic E-state index is 9.16. The second-order valence-electron chi connectivity index (χ2n) is 2.89. The van der Waals surface area contributed by atoms with E-state index < -0.39 is 0 Å². The van der Waals surface area contributed by atoms with E-state index in [9.17, 15) is 0 Å². The summed E-state index contributed by atoms with van der Waals surface area (Å²) in [4.78, 5) is 0. The molecule has 0 aromatic rings. The van der Waals surface area contributed by atoms with Gasteiger partial charge in [-0.3, -0.25) is 0 Å². The fraction of sp³-hybridized carbons (Fsp3) is 1.00. The first-order valence-corrected chi connectivity index (χ1v) is 3.26. The van der Waals surface area contributed by atoms with Gasteiger partial charge in [0.2, 0.25) is 0 Å². The van der Waals surface area contributed by atoms with Crippen molar-refractivity contribution < 1.29 is 5.11 Å². The lowest BCUT2D eigenvalue weighted by molar-refractivity contribution is 0.128. The van der Waals surface area contributed by atoms with Crippen molar-refractivity contribution in [1.82, 2.24) is 5.32 Å². The largest absolute Gasteiger partial charge is 0.392 e. The van der Waals surface area contributed by atoms with Crippen LogP contribution in [0, 0.1) is 11.8 Å². The number of aliphatic hydroxyl groups is 1. The highest BCUT2D eigenvalue weighted by Gasteiger charge is 2.44. The highest BCUT2D eigenvalue weighted by atomic mass is 35.5. The Balaban J connectivity index is 0.000000405. The van der Waals surface area contributed by atoms with E-state index in [2.05, 4.69) is 5.32 Å². The van der Waals surface area contributed by atoms with Crippen LogP contribution >= 0.6 is 12.4 Å². The minimum Gasteiger partial charge on any atom is -0.392 e. The number of aliphatic hydroxyl groups excluding tert-OH is 1. The Bertz CT molecular complexity index is 109. The molecule has 1 saturated carbocycles. The van der Waals surface area contributed by atoms with Crippen LogP contribution in [0.3, 0.4) is 0 Å². The van der Waals surface area contributed by atoms with Crippen molar-refractivity contribution >= 4 is 12.4 Å². The Morgan fingerprint density at radius 3 is 2.67 bits per heavy atom. The summed E-state index contributed by atoms with van der Waals surface area (Å²) in [5, 5.41) is 12.3. The smallest absolute Gasteiger partial charge is 0.0695 e. The molecule has 0 unspecified atom stereocenters. The minimum atomic E-state index is -0.0336. The molecule has 54 valence electrons. The standard InChI is InChI=1S/C6H11NO.ClH/c8-6-3-7-2-4-1-5(4)6;/h4-8H,1-3H2;1H/t4-,5-,6-;/m1./s1. The third-order valence-corrected chi connectivity index (χ3v) is 2.23. The van der Waals surface area contributed by atoms with Crippen LogP contribution in [0.25, 0.3) is 0 Å². The molecule has 1 heterocycles. The van der Waals surface area contributed by atoms with E-state index in [1.54, 1.807) is 0 Å². The number of fused-ring (bicyclic) bond motifs is 1. The Hall–Kier alpha value is 0.210. The molecule has 1 aliphatic heterocycles. The lowest BCUT2D eigenvalue weighted by Crippen LogP contribution is -2.35. The predicted molar refractivity (Wildman–Crippen MR) is 37.7 cm³/mol. The van der Waals surface area contributed by atoms with E-state index in [0.29, 0.717) is 5.92 Å². The predicted octanol–water partition coefficient (Wildman–Crippen LogP) is 0.00840. The molecule has 2 rings (SSSR count). The first-order chi connectivity index (χ1) is 3.88. The maximum atomic E-state index is 9.16. The monoisotopic (exact) mass is 149 g/mol. The molecule has 3 heteroatoms. The van der Waals surface area contributed by atoms with Gasteiger partial charge in [0.25, 0.3) is 0 Å². The van der Waals surface area contributed by atoms with Gasteiger partial charge in [-0.1, -0.05) is 0 Å². The summed E-state index contributed by atoms with van der Waals surface area (Å²) in [6, 6.07) is 0. The molecule has 2 N–H and O–H groups in total. The Morgan fingerprint density at radius 2 is 2.11 bits per heavy atom. The van der Waals surface area contributed by atoms with Gasteiger partial charge >= 0.3 is 0 Å². The van der Waals surface area contributed by atoms with E-state index in [0.717, 1.165) is 19.0 Å². The molecule has 3 atom stereocenters. The third-order valence-electron chi connectivity index (χ3n) is 2.23. The molecule has 0 bridgehead atoms. The molecule has 1 aliphatic carbocycles. The average molecular weight is 150 g/mol. The molecule has 0 amide bonds. The van der Waals surface area contributed by atoms with Crippen LogP contribution in [0.1, 0.15) is 6.42 Å². The van der Waals surface area contributed by atoms with Gasteiger partial charge in [0, 0.05) is 6.54 Å². The van der Waals surface area contributed by atoms with Crippen LogP contribution in [0.15, 0.2) is 0 Å². The molecule has 0 spiro atoms.